The molecule has 0 saturated heterocycles. The monoisotopic (exact) mass is 427 g/mol. The Labute approximate surface area is 145 Å². The van der Waals surface area contributed by atoms with Crippen molar-refractivity contribution in [2.45, 2.75) is 6.04 Å². The first kappa shape index (κ1) is 14.9. The lowest BCUT2D eigenvalue weighted by Gasteiger charge is -2.27. The largest absolute Gasteiger partial charge is 0.369 e. The minimum atomic E-state index is 0.0767. The molecule has 21 heavy (non-hydrogen) atoms. The Hall–Kier alpha value is -1.04. The van der Waals surface area contributed by atoms with Crippen LogP contribution in [0.2, 0.25) is 5.02 Å². The van der Waals surface area contributed by atoms with Crippen LogP contribution >= 0.6 is 43.5 Å². The van der Waals surface area contributed by atoms with E-state index in [0.717, 1.165) is 20.2 Å². The van der Waals surface area contributed by atoms with Gasteiger partial charge in [-0.15, -0.1) is 0 Å². The van der Waals surface area contributed by atoms with Crippen LogP contribution in [0.3, 0.4) is 0 Å². The zero-order chi connectivity index (χ0) is 15.0. The molecule has 0 aromatic heterocycles. The van der Waals surface area contributed by atoms with Gasteiger partial charge in [0.15, 0.2) is 5.96 Å². The van der Waals surface area contributed by atoms with Gasteiger partial charge in [0.2, 0.25) is 0 Å². The molecular weight excluding hydrogens is 417 g/mol. The van der Waals surface area contributed by atoms with Gasteiger partial charge in [-0.05, 0) is 51.8 Å². The summed E-state index contributed by atoms with van der Waals surface area (Å²) in [5.74, 6) is 0.532. The molecule has 1 aliphatic heterocycles. The topological polar surface area (TPSA) is 41.6 Å². The summed E-state index contributed by atoms with van der Waals surface area (Å²) in [6.45, 7) is 0.631. The smallest absolute Gasteiger partial charge is 0.196 e. The van der Waals surface area contributed by atoms with Gasteiger partial charge in [0.05, 0.1) is 17.6 Å². The number of aliphatic imine (C=N–C) groups is 1. The standard InChI is InChI=1S/C15H12Br2ClN3/c16-10-2-1-3-11(7-10)21-14(8-20-15(21)19)9-4-5-13(18)12(17)6-9/h1-7,14H,8H2,(H2,19,20). The number of hydrogen-bond donors (Lipinski definition) is 1. The van der Waals surface area contributed by atoms with Crippen molar-refractivity contribution < 1.29 is 0 Å². The first-order valence-corrected chi connectivity index (χ1v) is 8.32. The highest BCUT2D eigenvalue weighted by atomic mass is 79.9. The number of rotatable bonds is 2. The van der Waals surface area contributed by atoms with E-state index in [9.17, 15) is 0 Å². The van der Waals surface area contributed by atoms with Crippen LogP contribution in [0.5, 0.6) is 0 Å². The second-order valence-corrected chi connectivity index (χ2v) is 6.92. The number of nitrogens with two attached hydrogens (primary N) is 1. The molecule has 108 valence electrons. The fourth-order valence-electron chi connectivity index (χ4n) is 2.41. The van der Waals surface area contributed by atoms with Crippen molar-refractivity contribution in [2.24, 2.45) is 10.7 Å². The van der Waals surface area contributed by atoms with E-state index >= 15 is 0 Å². The van der Waals surface area contributed by atoms with Crippen LogP contribution in [-0.2, 0) is 0 Å². The molecule has 2 aromatic rings. The molecule has 0 bridgehead atoms. The molecule has 1 unspecified atom stereocenters. The van der Waals surface area contributed by atoms with Crippen molar-refractivity contribution in [3.8, 4) is 0 Å². The summed E-state index contributed by atoms with van der Waals surface area (Å²) in [7, 11) is 0. The maximum Gasteiger partial charge on any atom is 0.196 e. The van der Waals surface area contributed by atoms with Crippen molar-refractivity contribution in [1.29, 1.82) is 0 Å². The molecule has 1 heterocycles. The van der Waals surface area contributed by atoms with E-state index in [0.29, 0.717) is 17.5 Å². The van der Waals surface area contributed by atoms with Crippen molar-refractivity contribution in [1.82, 2.24) is 0 Å². The summed E-state index contributed by atoms with van der Waals surface area (Å²) in [6.07, 6.45) is 0. The van der Waals surface area contributed by atoms with E-state index in [4.69, 9.17) is 17.3 Å². The van der Waals surface area contributed by atoms with Gasteiger partial charge in [0.25, 0.3) is 0 Å². The molecule has 3 rings (SSSR count). The molecule has 2 N–H and O–H groups in total. The van der Waals surface area contributed by atoms with Crippen LogP contribution in [0.15, 0.2) is 56.4 Å². The molecule has 0 radical (unpaired) electrons. The van der Waals surface area contributed by atoms with Gasteiger partial charge in [0, 0.05) is 14.6 Å². The number of halogens is 3. The van der Waals surface area contributed by atoms with Crippen LogP contribution in [0.4, 0.5) is 5.69 Å². The summed E-state index contributed by atoms with van der Waals surface area (Å²) in [6, 6.07) is 14.0. The van der Waals surface area contributed by atoms with Gasteiger partial charge in [-0.3, -0.25) is 4.99 Å². The Morgan fingerprint density at radius 2 is 2.00 bits per heavy atom. The average molecular weight is 430 g/mol. The number of nitrogens with zero attached hydrogens (tertiary/aromatic N) is 2. The Morgan fingerprint density at radius 1 is 1.19 bits per heavy atom. The molecule has 0 aliphatic carbocycles. The lowest BCUT2D eigenvalue weighted by atomic mass is 10.1. The summed E-state index contributed by atoms with van der Waals surface area (Å²) < 4.78 is 1.89. The summed E-state index contributed by atoms with van der Waals surface area (Å²) in [5.41, 5.74) is 8.21. The summed E-state index contributed by atoms with van der Waals surface area (Å²) in [5, 5.41) is 0.694. The first-order valence-electron chi connectivity index (χ1n) is 6.36. The quantitative estimate of drug-likeness (QED) is 0.749. The molecule has 3 nitrogen and oxygen atoms in total. The Balaban J connectivity index is 2.00. The lowest BCUT2D eigenvalue weighted by Crippen LogP contribution is -2.36. The van der Waals surface area contributed by atoms with Gasteiger partial charge in [-0.2, -0.15) is 0 Å². The average Bonchev–Trinajstić information content (AvgIpc) is 2.84. The number of guanidine groups is 1. The maximum absolute atomic E-state index is 6.08. The fourth-order valence-corrected chi connectivity index (χ4v) is 3.31. The Morgan fingerprint density at radius 3 is 2.71 bits per heavy atom. The van der Waals surface area contributed by atoms with Crippen molar-refractivity contribution in [3.63, 3.8) is 0 Å². The van der Waals surface area contributed by atoms with Gasteiger partial charge in [-0.1, -0.05) is 39.7 Å². The minimum Gasteiger partial charge on any atom is -0.369 e. The molecule has 2 aromatic carbocycles. The van der Waals surface area contributed by atoms with E-state index in [1.165, 1.54) is 0 Å². The number of benzene rings is 2. The van der Waals surface area contributed by atoms with Crippen LogP contribution in [0, 0.1) is 0 Å². The van der Waals surface area contributed by atoms with Crippen molar-refractivity contribution in [3.05, 3.63) is 62.0 Å². The lowest BCUT2D eigenvalue weighted by molar-refractivity contribution is 0.768. The van der Waals surface area contributed by atoms with E-state index in [1.807, 2.05) is 47.4 Å². The Bertz CT molecular complexity index is 718. The van der Waals surface area contributed by atoms with Crippen LogP contribution < -0.4 is 10.6 Å². The molecule has 0 saturated carbocycles. The van der Waals surface area contributed by atoms with E-state index in [2.05, 4.69) is 36.9 Å². The molecule has 1 aliphatic rings. The van der Waals surface area contributed by atoms with Gasteiger partial charge < -0.3 is 10.6 Å². The normalized spacial score (nSPS) is 18.0. The molecular formula is C15H12Br2ClN3. The molecule has 0 fully saturated rings. The number of anilines is 1. The van der Waals surface area contributed by atoms with Crippen LogP contribution in [0.1, 0.15) is 11.6 Å². The molecule has 0 spiro atoms. The second kappa shape index (κ2) is 5.99. The zero-order valence-electron chi connectivity index (χ0n) is 10.9. The third kappa shape index (κ3) is 2.96. The second-order valence-electron chi connectivity index (χ2n) is 4.74. The summed E-state index contributed by atoms with van der Waals surface area (Å²) >= 11 is 13.0. The minimum absolute atomic E-state index is 0.0767. The highest BCUT2D eigenvalue weighted by Gasteiger charge is 2.29. The fraction of sp³-hybridized carbons (Fsp3) is 0.133. The zero-order valence-corrected chi connectivity index (χ0v) is 14.9. The molecule has 6 heteroatoms. The van der Waals surface area contributed by atoms with E-state index in [-0.39, 0.29) is 6.04 Å². The van der Waals surface area contributed by atoms with Crippen LogP contribution in [-0.4, -0.2) is 12.5 Å². The first-order chi connectivity index (χ1) is 10.1. The highest BCUT2D eigenvalue weighted by molar-refractivity contribution is 9.10. The van der Waals surface area contributed by atoms with Crippen molar-refractivity contribution in [2.75, 3.05) is 11.4 Å². The third-order valence-electron chi connectivity index (χ3n) is 3.40. The SMILES string of the molecule is NC1=NCC(c2ccc(Cl)c(Br)c2)N1c1cccc(Br)c1. The predicted molar refractivity (Wildman–Crippen MR) is 95.0 cm³/mol. The third-order valence-corrected chi connectivity index (χ3v) is 5.11. The van der Waals surface area contributed by atoms with Gasteiger partial charge in [0.1, 0.15) is 0 Å². The summed E-state index contributed by atoms with van der Waals surface area (Å²) in [4.78, 5) is 6.43. The van der Waals surface area contributed by atoms with E-state index in [1.54, 1.807) is 0 Å². The van der Waals surface area contributed by atoms with Crippen molar-refractivity contribution >= 4 is 55.1 Å². The van der Waals surface area contributed by atoms with Crippen LogP contribution in [0.25, 0.3) is 0 Å². The number of hydrogen-bond acceptors (Lipinski definition) is 3. The highest BCUT2D eigenvalue weighted by Crippen LogP contribution is 2.34. The maximum atomic E-state index is 6.08. The molecule has 1 atom stereocenters. The molecule has 0 amide bonds. The Kier molecular flexibility index (Phi) is 4.24. The van der Waals surface area contributed by atoms with E-state index < -0.39 is 0 Å². The predicted octanol–water partition coefficient (Wildman–Crippen LogP) is 4.74. The van der Waals surface area contributed by atoms with Gasteiger partial charge in [-0.25, -0.2) is 0 Å². The van der Waals surface area contributed by atoms with Gasteiger partial charge >= 0.3 is 0 Å².